The van der Waals surface area contributed by atoms with E-state index in [2.05, 4.69) is 17.1 Å². The van der Waals surface area contributed by atoms with E-state index in [0.717, 1.165) is 46.6 Å². The second kappa shape index (κ2) is 9.31. The Morgan fingerprint density at radius 1 is 1.20 bits per heavy atom. The third-order valence-electron chi connectivity index (χ3n) is 6.96. The van der Waals surface area contributed by atoms with E-state index in [1.807, 2.05) is 43.3 Å². The number of fused-ring (bicyclic) bond motifs is 1. The Hall–Kier alpha value is -2.85. The Balaban J connectivity index is 1.40. The van der Waals surface area contributed by atoms with Crippen molar-refractivity contribution in [1.29, 1.82) is 0 Å². The largest absolute Gasteiger partial charge is 0.593 e. The van der Waals surface area contributed by atoms with Gasteiger partial charge in [-0.05, 0) is 68.5 Å². The number of hydrazine groups is 1. The van der Waals surface area contributed by atoms with Gasteiger partial charge in [-0.25, -0.2) is 10.8 Å². The lowest BCUT2D eigenvalue weighted by atomic mass is 10.00. The van der Waals surface area contributed by atoms with Crippen molar-refractivity contribution < 1.29 is 9.29 Å². The smallest absolute Gasteiger partial charge is 0.273 e. The average molecular weight is 493 g/mol. The van der Waals surface area contributed by atoms with Crippen LogP contribution >= 0.6 is 0 Å². The molecule has 1 saturated carbocycles. The van der Waals surface area contributed by atoms with Crippen LogP contribution in [0.1, 0.15) is 47.8 Å². The summed E-state index contributed by atoms with van der Waals surface area (Å²) in [6.07, 6.45) is 4.23. The molecule has 0 amide bonds. The SMILES string of the molecule is CCN(N)c1ccc(Cc2ccc(C)c(CN3CC4(CC4)Oc4ncccc4[S+]3[O-])n2)c(C)c1N. The highest BCUT2D eigenvalue weighted by Gasteiger charge is 2.53. The van der Waals surface area contributed by atoms with E-state index in [0.29, 0.717) is 42.5 Å². The van der Waals surface area contributed by atoms with Gasteiger partial charge >= 0.3 is 0 Å². The molecular formula is C26H32N6O2S. The highest BCUT2D eigenvalue weighted by Crippen LogP contribution is 2.45. The van der Waals surface area contributed by atoms with Gasteiger partial charge in [-0.1, -0.05) is 12.1 Å². The van der Waals surface area contributed by atoms with Gasteiger partial charge in [0.15, 0.2) is 0 Å². The lowest BCUT2D eigenvalue weighted by Crippen LogP contribution is -2.38. The molecule has 1 fully saturated rings. The van der Waals surface area contributed by atoms with Crippen LogP contribution in [0.3, 0.4) is 0 Å². The second-order valence-electron chi connectivity index (χ2n) is 9.45. The number of rotatable bonds is 6. The molecule has 5 rings (SSSR count). The molecule has 1 unspecified atom stereocenters. The van der Waals surface area contributed by atoms with Gasteiger partial charge in [0.1, 0.15) is 5.60 Å². The number of aryl methyl sites for hydroxylation is 1. The molecule has 1 spiro atoms. The average Bonchev–Trinajstić information content (AvgIpc) is 3.63. The van der Waals surface area contributed by atoms with Gasteiger partial charge in [0.2, 0.25) is 4.90 Å². The van der Waals surface area contributed by atoms with Crippen LogP contribution in [0.5, 0.6) is 5.88 Å². The van der Waals surface area contributed by atoms with Crippen LogP contribution in [0, 0.1) is 13.8 Å². The molecule has 2 aliphatic rings. The number of benzene rings is 1. The summed E-state index contributed by atoms with van der Waals surface area (Å²) in [6.45, 7) is 7.80. The molecule has 9 heteroatoms. The third kappa shape index (κ3) is 4.69. The number of aromatic nitrogens is 2. The van der Waals surface area contributed by atoms with Crippen molar-refractivity contribution in [3.05, 3.63) is 70.7 Å². The molecular weight excluding hydrogens is 460 g/mol. The molecule has 1 aliphatic heterocycles. The first kappa shape index (κ1) is 23.9. The number of nitrogens with two attached hydrogens (primary N) is 2. The number of pyridine rings is 2. The first-order valence-electron chi connectivity index (χ1n) is 12.0. The van der Waals surface area contributed by atoms with Crippen LogP contribution in [0.15, 0.2) is 47.5 Å². The molecule has 4 N–H and O–H groups in total. The van der Waals surface area contributed by atoms with Gasteiger partial charge in [0.05, 0.1) is 41.5 Å². The molecule has 2 aromatic heterocycles. The van der Waals surface area contributed by atoms with Gasteiger partial charge in [-0.15, -0.1) is 4.31 Å². The first-order chi connectivity index (χ1) is 16.8. The van der Waals surface area contributed by atoms with Crippen molar-refractivity contribution in [3.8, 4) is 5.88 Å². The number of anilines is 2. The van der Waals surface area contributed by atoms with Gasteiger partial charge < -0.3 is 20.0 Å². The van der Waals surface area contributed by atoms with Crippen LogP contribution in [0.25, 0.3) is 0 Å². The standard InChI is InChI=1S/C26H32N6O2S/c1-4-32(28)22-10-8-19(18(3)24(22)27)14-20-9-7-17(2)21(30-20)15-31-16-26(11-12-26)34-25-23(35(31)33)6-5-13-29-25/h5-10,13H,4,11-12,14-16,27-28H2,1-3H3. The van der Waals surface area contributed by atoms with Gasteiger partial charge in [0.25, 0.3) is 5.88 Å². The normalized spacial score (nSPS) is 18.6. The minimum Gasteiger partial charge on any atom is -0.593 e. The van der Waals surface area contributed by atoms with E-state index in [4.69, 9.17) is 21.3 Å². The van der Waals surface area contributed by atoms with Crippen molar-refractivity contribution >= 4 is 22.7 Å². The van der Waals surface area contributed by atoms with E-state index in [1.54, 1.807) is 17.3 Å². The van der Waals surface area contributed by atoms with Crippen molar-refractivity contribution in [2.75, 3.05) is 23.8 Å². The van der Waals surface area contributed by atoms with Crippen LogP contribution in [0.4, 0.5) is 11.4 Å². The summed E-state index contributed by atoms with van der Waals surface area (Å²) < 4.78 is 21.7. The summed E-state index contributed by atoms with van der Waals surface area (Å²) in [5.41, 5.74) is 12.7. The molecule has 1 atom stereocenters. The fourth-order valence-corrected chi connectivity index (χ4v) is 5.77. The highest BCUT2D eigenvalue weighted by molar-refractivity contribution is 7.89. The molecule has 0 saturated heterocycles. The number of ether oxygens (including phenoxy) is 1. The molecule has 184 valence electrons. The van der Waals surface area contributed by atoms with Crippen LogP contribution in [0.2, 0.25) is 0 Å². The van der Waals surface area contributed by atoms with Crippen LogP contribution in [-0.4, -0.2) is 37.5 Å². The quantitative estimate of drug-likeness (QED) is 0.233. The maximum absolute atomic E-state index is 13.5. The van der Waals surface area contributed by atoms with E-state index in [9.17, 15) is 4.55 Å². The molecule has 0 radical (unpaired) electrons. The second-order valence-corrected chi connectivity index (χ2v) is 10.9. The van der Waals surface area contributed by atoms with E-state index < -0.39 is 11.4 Å². The molecule has 3 heterocycles. The summed E-state index contributed by atoms with van der Waals surface area (Å²) >= 11 is -1.37. The number of hydrogen-bond donors (Lipinski definition) is 2. The first-order valence-corrected chi connectivity index (χ1v) is 13.1. The summed E-state index contributed by atoms with van der Waals surface area (Å²) in [5.74, 6) is 6.55. The van der Waals surface area contributed by atoms with Gasteiger partial charge in [-0.2, -0.15) is 0 Å². The Bertz CT molecular complexity index is 1250. The Kier molecular flexibility index (Phi) is 6.35. The fourth-order valence-electron chi connectivity index (χ4n) is 4.46. The monoisotopic (exact) mass is 492 g/mol. The summed E-state index contributed by atoms with van der Waals surface area (Å²) in [5, 5.41) is 1.65. The topological polar surface area (TPSA) is 117 Å². The maximum atomic E-state index is 13.5. The van der Waals surface area contributed by atoms with Crippen molar-refractivity contribution in [1.82, 2.24) is 14.3 Å². The molecule has 8 nitrogen and oxygen atoms in total. The zero-order chi connectivity index (χ0) is 24.7. The van der Waals surface area contributed by atoms with Crippen molar-refractivity contribution in [2.24, 2.45) is 5.84 Å². The Labute approximate surface area is 209 Å². The van der Waals surface area contributed by atoms with Crippen LogP contribution in [-0.2, 0) is 24.3 Å². The zero-order valence-electron chi connectivity index (χ0n) is 20.5. The number of nitrogen functional groups attached to an aromatic ring is 1. The third-order valence-corrected chi connectivity index (χ3v) is 8.37. The lowest BCUT2D eigenvalue weighted by Gasteiger charge is -2.24. The molecule has 0 bridgehead atoms. The maximum Gasteiger partial charge on any atom is 0.273 e. The number of nitrogens with zero attached hydrogens (tertiary/aromatic N) is 4. The summed E-state index contributed by atoms with van der Waals surface area (Å²) in [6, 6.07) is 11.8. The van der Waals surface area contributed by atoms with Crippen molar-refractivity contribution in [2.45, 2.75) is 57.1 Å². The fraction of sp³-hybridized carbons (Fsp3) is 0.385. The minimum atomic E-state index is -1.37. The van der Waals surface area contributed by atoms with Crippen LogP contribution < -0.4 is 21.3 Å². The van der Waals surface area contributed by atoms with Gasteiger partial charge in [-0.3, -0.25) is 4.98 Å². The predicted octanol–water partition coefficient (Wildman–Crippen LogP) is 3.42. The van der Waals surface area contributed by atoms with E-state index in [1.165, 1.54) is 0 Å². The predicted molar refractivity (Wildman–Crippen MR) is 138 cm³/mol. The summed E-state index contributed by atoms with van der Waals surface area (Å²) in [7, 11) is 0. The number of hydrogen-bond acceptors (Lipinski definition) is 8. The summed E-state index contributed by atoms with van der Waals surface area (Å²) in [4.78, 5) is 9.95. The van der Waals surface area contributed by atoms with E-state index in [-0.39, 0.29) is 5.60 Å². The lowest BCUT2D eigenvalue weighted by molar-refractivity contribution is 0.144. The minimum absolute atomic E-state index is 0.299. The van der Waals surface area contributed by atoms with E-state index >= 15 is 0 Å². The molecule has 35 heavy (non-hydrogen) atoms. The van der Waals surface area contributed by atoms with Gasteiger partial charge in [0, 0.05) is 30.9 Å². The van der Waals surface area contributed by atoms with Crippen molar-refractivity contribution in [3.63, 3.8) is 0 Å². The highest BCUT2D eigenvalue weighted by atomic mass is 32.2. The zero-order valence-corrected chi connectivity index (χ0v) is 21.3. The molecule has 1 aliphatic carbocycles. The Morgan fingerprint density at radius 3 is 2.74 bits per heavy atom. The molecule has 3 aromatic rings. The molecule has 1 aromatic carbocycles. The Morgan fingerprint density at radius 2 is 2.00 bits per heavy atom.